The summed E-state index contributed by atoms with van der Waals surface area (Å²) in [7, 11) is 0. The standard InChI is InChI=1S/C18H31N3/c1-3-19-18(15-9-8-14(2)12-15)13-16-10-11-21(20-16)17-6-4-5-7-17/h10-11,14-15,17-19H,3-9,12-13H2,1-2H3. The molecule has 1 N–H and O–H groups in total. The van der Waals surface area contributed by atoms with Crippen LogP contribution in [0.2, 0.25) is 0 Å². The topological polar surface area (TPSA) is 29.9 Å². The summed E-state index contributed by atoms with van der Waals surface area (Å²) in [5, 5.41) is 8.60. The first-order chi connectivity index (χ1) is 10.3. The predicted octanol–water partition coefficient (Wildman–Crippen LogP) is 3.96. The van der Waals surface area contributed by atoms with Gasteiger partial charge in [0.1, 0.15) is 0 Å². The average Bonchev–Trinajstić information content (AvgIpc) is 3.18. The van der Waals surface area contributed by atoms with Crippen LogP contribution < -0.4 is 5.32 Å². The minimum atomic E-state index is 0.617. The van der Waals surface area contributed by atoms with Gasteiger partial charge in [-0.05, 0) is 50.1 Å². The van der Waals surface area contributed by atoms with Crippen molar-refractivity contribution in [3.8, 4) is 0 Å². The van der Waals surface area contributed by atoms with Gasteiger partial charge in [0, 0.05) is 18.7 Å². The molecule has 118 valence electrons. The molecule has 0 amide bonds. The SMILES string of the molecule is CCNC(Cc1ccn(C2CCCC2)n1)C1CCC(C)C1. The Hall–Kier alpha value is -0.830. The molecule has 3 heteroatoms. The smallest absolute Gasteiger partial charge is 0.0640 e. The maximum absolute atomic E-state index is 4.88. The van der Waals surface area contributed by atoms with Gasteiger partial charge in [-0.3, -0.25) is 4.68 Å². The van der Waals surface area contributed by atoms with E-state index in [-0.39, 0.29) is 0 Å². The fourth-order valence-electron chi connectivity index (χ4n) is 4.37. The van der Waals surface area contributed by atoms with E-state index in [1.54, 1.807) is 0 Å². The minimum Gasteiger partial charge on any atom is -0.314 e. The fourth-order valence-corrected chi connectivity index (χ4v) is 4.37. The number of likely N-dealkylation sites (N-methyl/N-ethyl adjacent to an activating group) is 1. The second-order valence-electron chi connectivity index (χ2n) is 7.27. The van der Waals surface area contributed by atoms with Gasteiger partial charge in [-0.25, -0.2) is 0 Å². The molecule has 0 aromatic carbocycles. The molecule has 1 aromatic rings. The molecule has 2 fully saturated rings. The first-order valence-corrected chi connectivity index (χ1v) is 9.03. The number of hydrogen-bond donors (Lipinski definition) is 1. The molecule has 1 aromatic heterocycles. The molecule has 2 saturated carbocycles. The van der Waals surface area contributed by atoms with Gasteiger partial charge in [0.25, 0.3) is 0 Å². The first kappa shape index (κ1) is 15.1. The molecular formula is C18H31N3. The molecule has 1 heterocycles. The van der Waals surface area contributed by atoms with Crippen molar-refractivity contribution in [2.24, 2.45) is 11.8 Å². The highest BCUT2D eigenvalue weighted by Crippen LogP contribution is 2.34. The molecule has 0 saturated heterocycles. The lowest BCUT2D eigenvalue weighted by atomic mass is 9.93. The summed E-state index contributed by atoms with van der Waals surface area (Å²) < 4.78 is 2.24. The molecule has 0 radical (unpaired) electrons. The molecule has 0 bridgehead atoms. The van der Waals surface area contributed by atoms with Crippen LogP contribution in [0.3, 0.4) is 0 Å². The predicted molar refractivity (Wildman–Crippen MR) is 87.4 cm³/mol. The molecule has 2 aliphatic rings. The maximum atomic E-state index is 4.88. The Labute approximate surface area is 129 Å². The Morgan fingerprint density at radius 1 is 1.29 bits per heavy atom. The van der Waals surface area contributed by atoms with E-state index in [1.807, 2.05) is 0 Å². The highest BCUT2D eigenvalue weighted by atomic mass is 15.3. The van der Waals surface area contributed by atoms with Gasteiger partial charge in [0.2, 0.25) is 0 Å². The largest absolute Gasteiger partial charge is 0.314 e. The van der Waals surface area contributed by atoms with E-state index in [9.17, 15) is 0 Å². The third-order valence-electron chi connectivity index (χ3n) is 5.56. The molecule has 21 heavy (non-hydrogen) atoms. The Morgan fingerprint density at radius 2 is 2.10 bits per heavy atom. The molecule has 3 nitrogen and oxygen atoms in total. The Balaban J connectivity index is 1.62. The van der Waals surface area contributed by atoms with Crippen molar-refractivity contribution in [1.82, 2.24) is 15.1 Å². The zero-order valence-corrected chi connectivity index (χ0v) is 13.7. The molecule has 0 spiro atoms. The number of rotatable bonds is 6. The van der Waals surface area contributed by atoms with Crippen molar-refractivity contribution < 1.29 is 0 Å². The van der Waals surface area contributed by atoms with E-state index in [2.05, 4.69) is 36.1 Å². The summed E-state index contributed by atoms with van der Waals surface area (Å²) >= 11 is 0. The highest BCUT2D eigenvalue weighted by Gasteiger charge is 2.29. The second kappa shape index (κ2) is 6.95. The van der Waals surface area contributed by atoms with Gasteiger partial charge >= 0.3 is 0 Å². The van der Waals surface area contributed by atoms with Crippen LogP contribution in [-0.4, -0.2) is 22.4 Å². The summed E-state index contributed by atoms with van der Waals surface area (Å²) in [5.74, 6) is 1.75. The molecule has 0 aliphatic heterocycles. The lowest BCUT2D eigenvalue weighted by Gasteiger charge is -2.24. The van der Waals surface area contributed by atoms with Crippen molar-refractivity contribution >= 4 is 0 Å². The van der Waals surface area contributed by atoms with Crippen LogP contribution in [0, 0.1) is 11.8 Å². The highest BCUT2D eigenvalue weighted by molar-refractivity contribution is 5.04. The zero-order chi connectivity index (χ0) is 14.7. The lowest BCUT2D eigenvalue weighted by molar-refractivity contribution is 0.349. The quantitative estimate of drug-likeness (QED) is 0.859. The van der Waals surface area contributed by atoms with Crippen LogP contribution in [0.15, 0.2) is 12.3 Å². The van der Waals surface area contributed by atoms with Crippen LogP contribution in [0.4, 0.5) is 0 Å². The molecule has 3 atom stereocenters. The van der Waals surface area contributed by atoms with Crippen LogP contribution in [-0.2, 0) is 6.42 Å². The number of hydrogen-bond acceptors (Lipinski definition) is 2. The number of aromatic nitrogens is 2. The Kier molecular flexibility index (Phi) is 4.99. The van der Waals surface area contributed by atoms with E-state index in [0.717, 1.165) is 24.8 Å². The third-order valence-corrected chi connectivity index (χ3v) is 5.56. The van der Waals surface area contributed by atoms with Crippen molar-refractivity contribution in [3.63, 3.8) is 0 Å². The Bertz CT molecular complexity index is 433. The van der Waals surface area contributed by atoms with E-state index >= 15 is 0 Å². The summed E-state index contributed by atoms with van der Waals surface area (Å²) in [6.45, 7) is 5.69. The summed E-state index contributed by atoms with van der Waals surface area (Å²) in [6.07, 6.45) is 12.9. The van der Waals surface area contributed by atoms with Gasteiger partial charge in [0.15, 0.2) is 0 Å². The van der Waals surface area contributed by atoms with Crippen molar-refractivity contribution in [2.45, 2.75) is 77.3 Å². The van der Waals surface area contributed by atoms with Crippen molar-refractivity contribution in [2.75, 3.05) is 6.54 Å². The van der Waals surface area contributed by atoms with E-state index in [0.29, 0.717) is 12.1 Å². The van der Waals surface area contributed by atoms with Crippen molar-refractivity contribution in [1.29, 1.82) is 0 Å². The normalized spacial score (nSPS) is 28.3. The monoisotopic (exact) mass is 289 g/mol. The maximum Gasteiger partial charge on any atom is 0.0640 e. The van der Waals surface area contributed by atoms with Gasteiger partial charge < -0.3 is 5.32 Å². The Morgan fingerprint density at radius 3 is 2.76 bits per heavy atom. The van der Waals surface area contributed by atoms with Gasteiger partial charge in [-0.15, -0.1) is 0 Å². The van der Waals surface area contributed by atoms with Gasteiger partial charge in [-0.1, -0.05) is 33.1 Å². The van der Waals surface area contributed by atoms with E-state index < -0.39 is 0 Å². The van der Waals surface area contributed by atoms with Crippen LogP contribution in [0.25, 0.3) is 0 Å². The second-order valence-corrected chi connectivity index (χ2v) is 7.27. The zero-order valence-electron chi connectivity index (χ0n) is 13.7. The van der Waals surface area contributed by atoms with Gasteiger partial charge in [0.05, 0.1) is 11.7 Å². The van der Waals surface area contributed by atoms with Crippen LogP contribution >= 0.6 is 0 Å². The number of nitrogens with zero attached hydrogens (tertiary/aromatic N) is 2. The third kappa shape index (κ3) is 3.68. The van der Waals surface area contributed by atoms with Crippen LogP contribution in [0.5, 0.6) is 0 Å². The van der Waals surface area contributed by atoms with Gasteiger partial charge in [-0.2, -0.15) is 5.10 Å². The van der Waals surface area contributed by atoms with Crippen LogP contribution in [0.1, 0.15) is 70.5 Å². The summed E-state index contributed by atoms with van der Waals surface area (Å²) in [4.78, 5) is 0. The molecule has 2 aliphatic carbocycles. The van der Waals surface area contributed by atoms with E-state index in [4.69, 9.17) is 5.10 Å². The molecule has 3 unspecified atom stereocenters. The minimum absolute atomic E-state index is 0.617. The van der Waals surface area contributed by atoms with E-state index in [1.165, 1.54) is 50.6 Å². The lowest BCUT2D eigenvalue weighted by Crippen LogP contribution is -2.37. The molecular weight excluding hydrogens is 258 g/mol. The summed E-state index contributed by atoms with van der Waals surface area (Å²) in [6, 6.07) is 3.54. The first-order valence-electron chi connectivity index (χ1n) is 9.03. The number of nitrogens with one attached hydrogen (secondary N) is 1. The van der Waals surface area contributed by atoms with Crippen molar-refractivity contribution in [3.05, 3.63) is 18.0 Å². The fraction of sp³-hybridized carbons (Fsp3) is 0.833. The molecule has 3 rings (SSSR count). The average molecular weight is 289 g/mol. The summed E-state index contributed by atoms with van der Waals surface area (Å²) in [5.41, 5.74) is 1.28.